The molecule has 0 radical (unpaired) electrons. The normalized spacial score (nSPS) is 10.2. The summed E-state index contributed by atoms with van der Waals surface area (Å²) in [7, 11) is 1.40. The lowest BCUT2D eigenvalue weighted by molar-refractivity contribution is -0.115. The number of anilines is 2. The van der Waals surface area contributed by atoms with Gasteiger partial charge in [-0.2, -0.15) is 0 Å². The smallest absolute Gasteiger partial charge is 0.343 e. The number of carbonyl (C=O) groups is 3. The van der Waals surface area contributed by atoms with Crippen LogP contribution in [0.4, 0.5) is 11.4 Å². The Hall–Kier alpha value is -0.220. The molecule has 2 N–H and O–H groups in total. The molecule has 2 amide bonds. The first kappa shape index (κ1) is 20.8. The van der Waals surface area contributed by atoms with Gasteiger partial charge < -0.3 is 20.1 Å². The number of rotatable bonds is 5. The molecule has 0 aromatic heterocycles. The molecular weight excluding hydrogens is 645 g/mol. The van der Waals surface area contributed by atoms with Crippen molar-refractivity contribution in [3.8, 4) is 0 Å². The molecule has 0 fully saturated rings. The van der Waals surface area contributed by atoms with Crippen molar-refractivity contribution < 1.29 is 23.9 Å². The minimum absolute atomic E-state index is 0.173. The van der Waals surface area contributed by atoms with Gasteiger partial charge in [-0.3, -0.25) is 9.59 Å². The highest BCUT2D eigenvalue weighted by atomic mass is 127. The number of benzene rings is 1. The molecule has 0 unspecified atom stereocenters. The molecule has 0 atom stereocenters. The lowest BCUT2D eigenvalue weighted by Gasteiger charge is -2.19. The zero-order chi connectivity index (χ0) is 17.7. The van der Waals surface area contributed by atoms with Gasteiger partial charge in [-0.25, -0.2) is 4.79 Å². The van der Waals surface area contributed by atoms with E-state index in [0.29, 0.717) is 18.5 Å². The van der Waals surface area contributed by atoms with Crippen LogP contribution in [0.1, 0.15) is 24.2 Å². The number of methoxy groups -OCH3 is 1. The molecule has 0 spiro atoms. The number of nitrogens with one attached hydrogen (secondary N) is 2. The molecule has 0 saturated carbocycles. The topological polar surface area (TPSA) is 93.7 Å². The van der Waals surface area contributed by atoms with E-state index < -0.39 is 5.97 Å². The molecule has 0 aliphatic carbocycles. The van der Waals surface area contributed by atoms with E-state index in [0.717, 1.165) is 3.57 Å². The molecule has 1 aromatic carbocycles. The maximum atomic E-state index is 12.4. The maximum absolute atomic E-state index is 12.4. The van der Waals surface area contributed by atoms with Gasteiger partial charge >= 0.3 is 5.97 Å². The first-order chi connectivity index (χ1) is 10.7. The quantitative estimate of drug-likeness (QED) is 0.220. The van der Waals surface area contributed by atoms with Crippen molar-refractivity contribution >= 4 is 96.9 Å². The Labute approximate surface area is 174 Å². The van der Waals surface area contributed by atoms with Gasteiger partial charge in [0.25, 0.3) is 0 Å². The van der Waals surface area contributed by atoms with Crippen LogP contribution in [0.3, 0.4) is 0 Å². The molecule has 23 heavy (non-hydrogen) atoms. The van der Waals surface area contributed by atoms with E-state index in [1.807, 2.05) is 67.8 Å². The highest BCUT2D eigenvalue weighted by molar-refractivity contribution is 14.1. The molecule has 7 nitrogen and oxygen atoms in total. The lowest BCUT2D eigenvalue weighted by Crippen LogP contribution is -2.20. The summed E-state index contributed by atoms with van der Waals surface area (Å²) in [5.41, 5.74) is 1.02. The predicted molar refractivity (Wildman–Crippen MR) is 110 cm³/mol. The Morgan fingerprint density at radius 1 is 0.913 bits per heavy atom. The Kier molecular flexibility index (Phi) is 8.43. The van der Waals surface area contributed by atoms with Crippen LogP contribution in [-0.2, 0) is 19.1 Å². The summed E-state index contributed by atoms with van der Waals surface area (Å²) in [6.07, 6.45) is 0. The fraction of sp³-hybridized carbons (Fsp3) is 0.308. The van der Waals surface area contributed by atoms with Gasteiger partial charge in [0.15, 0.2) is 6.79 Å². The zero-order valence-corrected chi connectivity index (χ0v) is 18.9. The van der Waals surface area contributed by atoms with Gasteiger partial charge in [0.1, 0.15) is 0 Å². The summed E-state index contributed by atoms with van der Waals surface area (Å²) in [5, 5.41) is 5.35. The number of carbonyl (C=O) groups excluding carboxylic acids is 3. The molecule has 10 heteroatoms. The third-order valence-corrected chi connectivity index (χ3v) is 6.70. The van der Waals surface area contributed by atoms with Gasteiger partial charge in [0.2, 0.25) is 11.8 Å². The van der Waals surface area contributed by atoms with Crippen molar-refractivity contribution in [2.75, 3.05) is 24.5 Å². The molecule has 1 rings (SSSR count). The molecule has 0 heterocycles. The van der Waals surface area contributed by atoms with Crippen LogP contribution in [0, 0.1) is 10.7 Å². The van der Waals surface area contributed by atoms with Gasteiger partial charge in [-0.05, 0) is 67.8 Å². The van der Waals surface area contributed by atoms with Gasteiger partial charge in [-0.15, -0.1) is 0 Å². The number of amides is 2. The number of hydrogen-bond donors (Lipinski definition) is 2. The van der Waals surface area contributed by atoms with E-state index in [9.17, 15) is 14.4 Å². The summed E-state index contributed by atoms with van der Waals surface area (Å²) in [6.45, 7) is 2.51. The Bertz CT molecular complexity index is 664. The standard InChI is InChI=1S/C13H13I3N2O5/c1-5(19)17-11-7(13(21)23-4-22-3)8(14)12(18-6(2)20)10(16)9(11)15/h4H2,1-3H3,(H,17,19)(H,18,20). The van der Waals surface area contributed by atoms with Crippen molar-refractivity contribution in [2.24, 2.45) is 0 Å². The number of ether oxygens (including phenoxy) is 2. The molecule has 1 aromatic rings. The Morgan fingerprint density at radius 2 is 1.39 bits per heavy atom. The number of halogens is 3. The molecule has 0 aliphatic rings. The van der Waals surface area contributed by atoms with Gasteiger partial charge in [0.05, 0.1) is 27.6 Å². The van der Waals surface area contributed by atoms with Crippen molar-refractivity contribution in [3.05, 3.63) is 16.3 Å². The maximum Gasteiger partial charge on any atom is 0.343 e. The largest absolute Gasteiger partial charge is 0.435 e. The average molecular weight is 658 g/mol. The van der Waals surface area contributed by atoms with Crippen LogP contribution in [0.5, 0.6) is 0 Å². The molecule has 126 valence electrons. The van der Waals surface area contributed by atoms with Crippen LogP contribution < -0.4 is 10.6 Å². The first-order valence-electron chi connectivity index (χ1n) is 6.12. The molecule has 0 saturated heterocycles. The fourth-order valence-corrected chi connectivity index (χ4v) is 4.37. The number of hydrogen-bond acceptors (Lipinski definition) is 5. The van der Waals surface area contributed by atoms with E-state index in [1.165, 1.54) is 21.0 Å². The second-order valence-corrected chi connectivity index (χ2v) is 7.50. The summed E-state index contributed by atoms with van der Waals surface area (Å²) in [6, 6.07) is 0. The zero-order valence-electron chi connectivity index (χ0n) is 12.4. The van der Waals surface area contributed by atoms with Gasteiger partial charge in [-0.1, -0.05) is 0 Å². The van der Waals surface area contributed by atoms with E-state index in [4.69, 9.17) is 9.47 Å². The molecule has 0 aliphatic heterocycles. The van der Waals surface area contributed by atoms with E-state index in [1.54, 1.807) is 0 Å². The molecular formula is C13H13I3N2O5. The summed E-state index contributed by atoms with van der Waals surface area (Å²) in [4.78, 5) is 35.2. The van der Waals surface area contributed by atoms with E-state index >= 15 is 0 Å². The summed E-state index contributed by atoms with van der Waals surface area (Å²) >= 11 is 6.00. The van der Waals surface area contributed by atoms with Crippen LogP contribution >= 0.6 is 67.8 Å². The summed E-state index contributed by atoms with van der Waals surface area (Å²) < 4.78 is 11.6. The fourth-order valence-electron chi connectivity index (χ4n) is 1.62. The average Bonchev–Trinajstić information content (AvgIpc) is 2.46. The third kappa shape index (κ3) is 5.38. The minimum Gasteiger partial charge on any atom is -0.435 e. The first-order valence-corrected chi connectivity index (χ1v) is 9.36. The van der Waals surface area contributed by atoms with Crippen molar-refractivity contribution in [1.82, 2.24) is 0 Å². The SMILES string of the molecule is COCOC(=O)c1c(I)c(NC(C)=O)c(I)c(I)c1NC(C)=O. The van der Waals surface area contributed by atoms with Crippen LogP contribution in [-0.4, -0.2) is 31.7 Å². The Morgan fingerprint density at radius 3 is 1.87 bits per heavy atom. The van der Waals surface area contributed by atoms with Crippen LogP contribution in [0.15, 0.2) is 0 Å². The van der Waals surface area contributed by atoms with Crippen molar-refractivity contribution in [2.45, 2.75) is 13.8 Å². The third-order valence-electron chi connectivity index (χ3n) is 2.43. The number of esters is 1. The predicted octanol–water partition coefficient (Wildman–Crippen LogP) is 3.18. The molecule has 0 bridgehead atoms. The highest BCUT2D eigenvalue weighted by Gasteiger charge is 2.27. The monoisotopic (exact) mass is 658 g/mol. The van der Waals surface area contributed by atoms with Gasteiger partial charge in [0, 0.05) is 21.0 Å². The summed E-state index contributed by atoms with van der Waals surface area (Å²) in [5.74, 6) is -1.23. The minimum atomic E-state index is -0.652. The van der Waals surface area contributed by atoms with E-state index in [2.05, 4.69) is 10.6 Å². The van der Waals surface area contributed by atoms with Crippen LogP contribution in [0.25, 0.3) is 0 Å². The second kappa shape index (κ2) is 9.31. The lowest BCUT2D eigenvalue weighted by atomic mass is 10.1. The highest BCUT2D eigenvalue weighted by Crippen LogP contribution is 2.39. The van der Waals surface area contributed by atoms with Crippen molar-refractivity contribution in [1.29, 1.82) is 0 Å². The van der Waals surface area contributed by atoms with Crippen LogP contribution in [0.2, 0.25) is 0 Å². The Balaban J connectivity index is 3.58. The van der Waals surface area contributed by atoms with Crippen molar-refractivity contribution in [3.63, 3.8) is 0 Å². The second-order valence-electron chi connectivity index (χ2n) is 4.27. The van der Waals surface area contributed by atoms with E-state index in [-0.39, 0.29) is 24.2 Å².